The van der Waals surface area contributed by atoms with E-state index in [0.29, 0.717) is 12.4 Å². The highest BCUT2D eigenvalue weighted by Gasteiger charge is 2.42. The Hall–Kier alpha value is -2.44. The number of rotatable bonds is 14. The Morgan fingerprint density at radius 2 is 1.59 bits per heavy atom. The summed E-state index contributed by atoms with van der Waals surface area (Å²) in [5.74, 6) is 0.999. The summed E-state index contributed by atoms with van der Waals surface area (Å²) < 4.78 is 26.7. The average Bonchev–Trinajstić information content (AvgIpc) is 3.08. The molecule has 0 aliphatic carbocycles. The van der Waals surface area contributed by atoms with Gasteiger partial charge < -0.3 is 21.9 Å². The monoisotopic (exact) mass is 491 g/mol. The molecular formula is C27H37ClFN2O3+. The second kappa shape index (κ2) is 14.7. The molecule has 7 heteroatoms. The van der Waals surface area contributed by atoms with Gasteiger partial charge in [-0.15, -0.1) is 4.58 Å². The van der Waals surface area contributed by atoms with Gasteiger partial charge in [0.15, 0.2) is 6.54 Å². The third kappa shape index (κ3) is 8.10. The summed E-state index contributed by atoms with van der Waals surface area (Å²) >= 11 is 0. The van der Waals surface area contributed by atoms with Gasteiger partial charge in [0.1, 0.15) is 18.6 Å². The zero-order chi connectivity index (χ0) is 23.5. The molecule has 0 bridgehead atoms. The van der Waals surface area contributed by atoms with Crippen LogP contribution in [-0.2, 0) is 9.53 Å². The first-order valence-electron chi connectivity index (χ1n) is 12.2. The standard InChI is InChI=1S/C27H36FN2O3.ClH/c1-3-4-5-6-7-8-9-12-19-32-27(31)20-30-25-14-11-10-13-24(25)29(2)26(30)21-33-23-17-15-22(28)16-18-23;/h10-11,13-18H,3-9,12,19-21H2,1-2H3;1H/q+1;. The number of nitrogens with zero attached hydrogens (tertiary/aromatic N) is 1. The molecule has 3 rings (SSSR count). The SMILES string of the molecule is CCCCCCCCCCOC(=O)C[NH+]1C(COc2ccc(F)cc2)=[N+](C)c2ccccc21.[Cl-]. The van der Waals surface area contributed by atoms with Crippen molar-refractivity contribution in [2.24, 2.45) is 0 Å². The molecule has 5 nitrogen and oxygen atoms in total. The largest absolute Gasteiger partial charge is 1.00 e. The molecule has 1 atom stereocenters. The molecule has 186 valence electrons. The number of amidine groups is 1. The molecule has 0 aromatic heterocycles. The van der Waals surface area contributed by atoms with E-state index in [9.17, 15) is 9.18 Å². The average molecular weight is 492 g/mol. The zero-order valence-electron chi connectivity index (χ0n) is 20.3. The topological polar surface area (TPSA) is 43.0 Å². The van der Waals surface area contributed by atoms with E-state index >= 15 is 0 Å². The Balaban J connectivity index is 0.00000408. The number of para-hydroxylation sites is 2. The maximum atomic E-state index is 13.2. The smallest absolute Gasteiger partial charge is 0.386 e. The van der Waals surface area contributed by atoms with Crippen molar-refractivity contribution in [1.29, 1.82) is 0 Å². The number of ether oxygens (including phenoxy) is 2. The van der Waals surface area contributed by atoms with Crippen LogP contribution in [0.1, 0.15) is 58.3 Å². The van der Waals surface area contributed by atoms with Crippen LogP contribution in [0.25, 0.3) is 0 Å². The lowest BCUT2D eigenvalue weighted by molar-refractivity contribution is -0.735. The lowest BCUT2D eigenvalue weighted by Crippen LogP contribution is -3.11. The Morgan fingerprint density at radius 3 is 2.29 bits per heavy atom. The predicted molar refractivity (Wildman–Crippen MR) is 128 cm³/mol. The minimum atomic E-state index is -0.299. The molecule has 0 spiro atoms. The van der Waals surface area contributed by atoms with Crippen LogP contribution in [-0.4, -0.2) is 43.2 Å². The number of fused-ring (bicyclic) bond motifs is 1. The van der Waals surface area contributed by atoms with Gasteiger partial charge in [-0.2, -0.15) is 0 Å². The van der Waals surface area contributed by atoms with Crippen molar-refractivity contribution < 1.29 is 40.5 Å². The lowest BCUT2D eigenvalue weighted by Gasteiger charge is -2.12. The normalized spacial score (nSPS) is 14.5. The van der Waals surface area contributed by atoms with Crippen molar-refractivity contribution in [3.8, 4) is 5.75 Å². The fourth-order valence-corrected chi connectivity index (χ4v) is 4.21. The van der Waals surface area contributed by atoms with Gasteiger partial charge in [-0.25, -0.2) is 14.1 Å². The summed E-state index contributed by atoms with van der Waals surface area (Å²) in [6.07, 6.45) is 9.70. The highest BCUT2D eigenvalue weighted by molar-refractivity contribution is 5.82. The Kier molecular flexibility index (Phi) is 12.1. The van der Waals surface area contributed by atoms with E-state index in [1.165, 1.54) is 50.7 Å². The van der Waals surface area contributed by atoms with E-state index in [1.807, 2.05) is 31.3 Å². The van der Waals surface area contributed by atoms with Crippen molar-refractivity contribution in [3.63, 3.8) is 0 Å². The van der Waals surface area contributed by atoms with Crippen LogP contribution in [0, 0.1) is 5.82 Å². The van der Waals surface area contributed by atoms with Gasteiger partial charge in [-0.3, -0.25) is 0 Å². The maximum Gasteiger partial charge on any atom is 0.386 e. The minimum absolute atomic E-state index is 0. The Labute approximate surface area is 209 Å². The van der Waals surface area contributed by atoms with E-state index in [1.54, 1.807) is 12.1 Å². The number of halogens is 2. The molecule has 1 N–H and O–H groups in total. The summed E-state index contributed by atoms with van der Waals surface area (Å²) in [4.78, 5) is 13.5. The Morgan fingerprint density at radius 1 is 0.941 bits per heavy atom. The van der Waals surface area contributed by atoms with E-state index in [0.717, 1.165) is 35.0 Å². The molecule has 1 heterocycles. The van der Waals surface area contributed by atoms with Gasteiger partial charge in [0.05, 0.1) is 6.61 Å². The fraction of sp³-hybridized carbons (Fsp3) is 0.481. The first kappa shape index (κ1) is 27.8. The molecule has 1 unspecified atom stereocenters. The zero-order valence-corrected chi connectivity index (χ0v) is 21.1. The molecule has 0 saturated carbocycles. The van der Waals surface area contributed by atoms with Crippen LogP contribution < -0.4 is 22.0 Å². The van der Waals surface area contributed by atoms with E-state index in [4.69, 9.17) is 9.47 Å². The van der Waals surface area contributed by atoms with Gasteiger partial charge in [0, 0.05) is 12.1 Å². The second-order valence-corrected chi connectivity index (χ2v) is 8.62. The number of nitrogens with one attached hydrogen (secondary N) is 1. The molecule has 1 aliphatic heterocycles. The number of carbonyl (C=O) groups is 1. The first-order chi connectivity index (χ1) is 16.1. The molecule has 0 fully saturated rings. The van der Waals surface area contributed by atoms with Crippen molar-refractivity contribution in [3.05, 3.63) is 54.3 Å². The number of benzene rings is 2. The van der Waals surface area contributed by atoms with Gasteiger partial charge in [-0.1, -0.05) is 64.0 Å². The quantitative estimate of drug-likeness (QED) is 0.249. The fourth-order valence-electron chi connectivity index (χ4n) is 4.21. The molecule has 0 amide bonds. The highest BCUT2D eigenvalue weighted by Crippen LogP contribution is 2.23. The van der Waals surface area contributed by atoms with Crippen LogP contribution in [0.5, 0.6) is 5.75 Å². The van der Waals surface area contributed by atoms with E-state index in [2.05, 4.69) is 11.5 Å². The van der Waals surface area contributed by atoms with E-state index in [-0.39, 0.29) is 37.3 Å². The van der Waals surface area contributed by atoms with Gasteiger partial charge in [0.25, 0.3) is 5.69 Å². The number of hydrogen-bond donors (Lipinski definition) is 1. The third-order valence-electron chi connectivity index (χ3n) is 6.11. The molecule has 1 aliphatic rings. The first-order valence-corrected chi connectivity index (χ1v) is 12.2. The predicted octanol–water partition coefficient (Wildman–Crippen LogP) is 1.79. The number of quaternary nitrogens is 1. The highest BCUT2D eigenvalue weighted by atomic mass is 35.5. The Bertz CT molecular complexity index is 934. The third-order valence-corrected chi connectivity index (χ3v) is 6.11. The second-order valence-electron chi connectivity index (χ2n) is 8.62. The van der Waals surface area contributed by atoms with Gasteiger partial charge in [-0.05, 0) is 30.7 Å². The molecular weight excluding hydrogens is 455 g/mol. The molecule has 2 aromatic carbocycles. The number of unbranched alkanes of at least 4 members (excludes halogenated alkanes) is 7. The van der Waals surface area contributed by atoms with Crippen LogP contribution in [0.15, 0.2) is 48.5 Å². The van der Waals surface area contributed by atoms with Crippen molar-refractivity contribution >= 4 is 23.2 Å². The summed E-state index contributed by atoms with van der Waals surface area (Å²) in [5, 5.41) is 0. The van der Waals surface area contributed by atoms with Crippen molar-refractivity contribution in [1.82, 2.24) is 0 Å². The van der Waals surface area contributed by atoms with E-state index < -0.39 is 0 Å². The molecule has 34 heavy (non-hydrogen) atoms. The summed E-state index contributed by atoms with van der Waals surface area (Å²) in [6, 6.07) is 14.0. The van der Waals surface area contributed by atoms with Crippen molar-refractivity contribution in [2.75, 3.05) is 26.8 Å². The minimum Gasteiger partial charge on any atom is -1.00 e. The molecule has 0 saturated heterocycles. The van der Waals surface area contributed by atoms with Crippen molar-refractivity contribution in [2.45, 2.75) is 58.3 Å². The van der Waals surface area contributed by atoms with Crippen LogP contribution >= 0.6 is 0 Å². The number of hydrogen-bond acceptors (Lipinski definition) is 3. The van der Waals surface area contributed by atoms with Crippen LogP contribution in [0.3, 0.4) is 0 Å². The number of esters is 1. The molecule has 2 aromatic rings. The maximum absolute atomic E-state index is 13.2. The van der Waals surface area contributed by atoms with Crippen LogP contribution in [0.4, 0.5) is 15.8 Å². The molecule has 0 radical (unpaired) electrons. The van der Waals surface area contributed by atoms with Gasteiger partial charge >= 0.3 is 11.8 Å². The summed E-state index contributed by atoms with van der Waals surface area (Å²) in [5.41, 5.74) is 2.07. The van der Waals surface area contributed by atoms with Crippen LogP contribution in [0.2, 0.25) is 0 Å². The summed E-state index contributed by atoms with van der Waals surface area (Å²) in [7, 11) is 1.97. The van der Waals surface area contributed by atoms with Gasteiger partial charge in [0.2, 0.25) is 12.3 Å². The lowest BCUT2D eigenvalue weighted by atomic mass is 10.1. The summed E-state index contributed by atoms with van der Waals surface area (Å²) in [6.45, 7) is 3.20. The number of carbonyl (C=O) groups excluding carboxylic acids is 1.